The van der Waals surface area contributed by atoms with Gasteiger partial charge in [-0.3, -0.25) is 4.79 Å². The van der Waals surface area contributed by atoms with Gasteiger partial charge in [-0.15, -0.1) is 0 Å². The van der Waals surface area contributed by atoms with Crippen molar-refractivity contribution in [3.8, 4) is 0 Å². The fourth-order valence-corrected chi connectivity index (χ4v) is 2.58. The monoisotopic (exact) mass is 227 g/mol. The second kappa shape index (κ2) is 7.66. The van der Waals surface area contributed by atoms with Gasteiger partial charge in [-0.2, -0.15) is 0 Å². The molecule has 1 saturated carbocycles. The normalized spacial score (nSPS) is 26.1. The van der Waals surface area contributed by atoms with Gasteiger partial charge in [0.25, 0.3) is 0 Å². The Kier molecular flexibility index (Phi) is 6.46. The maximum atomic E-state index is 11.0. The quantitative estimate of drug-likeness (QED) is 0.579. The Morgan fingerprint density at radius 2 is 2.12 bits per heavy atom. The number of hydrogen-bond donors (Lipinski definition) is 1. The molecule has 1 fully saturated rings. The molecule has 1 N–H and O–H groups in total. The lowest BCUT2D eigenvalue weighted by molar-refractivity contribution is -0.139. The van der Waals surface area contributed by atoms with Crippen LogP contribution in [-0.2, 0) is 9.53 Å². The van der Waals surface area contributed by atoms with Gasteiger partial charge < -0.3 is 10.1 Å². The summed E-state index contributed by atoms with van der Waals surface area (Å²) >= 11 is 0. The third-order valence-electron chi connectivity index (χ3n) is 3.55. The van der Waals surface area contributed by atoms with Crippen molar-refractivity contribution in [1.29, 1.82) is 0 Å². The second-order valence-corrected chi connectivity index (χ2v) is 4.82. The Bertz CT molecular complexity index is 206. The third kappa shape index (κ3) is 4.97. The van der Waals surface area contributed by atoms with Crippen LogP contribution in [0.15, 0.2) is 0 Å². The molecule has 0 radical (unpaired) electrons. The highest BCUT2D eigenvalue weighted by Gasteiger charge is 2.18. The first kappa shape index (κ1) is 13.5. The van der Waals surface area contributed by atoms with Crippen molar-refractivity contribution in [2.45, 2.75) is 57.9 Å². The molecule has 0 aromatic heterocycles. The van der Waals surface area contributed by atoms with Crippen molar-refractivity contribution in [3.63, 3.8) is 0 Å². The van der Waals surface area contributed by atoms with E-state index in [9.17, 15) is 4.79 Å². The highest BCUT2D eigenvalue weighted by atomic mass is 16.5. The minimum absolute atomic E-state index is 0.158. The Labute approximate surface area is 98.9 Å². The Hall–Kier alpha value is -0.570. The summed E-state index contributed by atoms with van der Waals surface area (Å²) in [6.07, 6.45) is 9.05. The molecule has 2 atom stereocenters. The van der Waals surface area contributed by atoms with Crippen LogP contribution in [0.4, 0.5) is 0 Å². The maximum absolute atomic E-state index is 11.0. The summed E-state index contributed by atoms with van der Waals surface area (Å²) in [6, 6.07) is 0.515. The van der Waals surface area contributed by atoms with E-state index in [4.69, 9.17) is 0 Å². The minimum atomic E-state index is -0.158. The lowest BCUT2D eigenvalue weighted by atomic mass is 9.95. The average molecular weight is 227 g/mol. The van der Waals surface area contributed by atoms with Crippen LogP contribution in [0.3, 0.4) is 0 Å². The van der Waals surface area contributed by atoms with E-state index < -0.39 is 0 Å². The van der Waals surface area contributed by atoms with Crippen molar-refractivity contribution >= 4 is 5.97 Å². The van der Waals surface area contributed by atoms with E-state index in [0.717, 1.165) is 5.92 Å². The number of methoxy groups -OCH3 is 1. The van der Waals surface area contributed by atoms with Crippen LogP contribution in [0.5, 0.6) is 0 Å². The molecule has 0 heterocycles. The van der Waals surface area contributed by atoms with Gasteiger partial charge in [0.2, 0.25) is 0 Å². The van der Waals surface area contributed by atoms with E-state index in [1.807, 2.05) is 0 Å². The predicted molar refractivity (Wildman–Crippen MR) is 65.3 cm³/mol. The molecule has 2 unspecified atom stereocenters. The van der Waals surface area contributed by atoms with Crippen molar-refractivity contribution in [3.05, 3.63) is 0 Å². The van der Waals surface area contributed by atoms with Gasteiger partial charge in [0, 0.05) is 6.04 Å². The fourth-order valence-electron chi connectivity index (χ4n) is 2.58. The van der Waals surface area contributed by atoms with E-state index in [-0.39, 0.29) is 5.97 Å². The number of hydrogen-bond acceptors (Lipinski definition) is 3. The molecule has 0 bridgehead atoms. The molecule has 0 spiro atoms. The molecule has 16 heavy (non-hydrogen) atoms. The van der Waals surface area contributed by atoms with Crippen molar-refractivity contribution < 1.29 is 9.53 Å². The van der Waals surface area contributed by atoms with E-state index in [1.165, 1.54) is 52.1 Å². The summed E-state index contributed by atoms with van der Waals surface area (Å²) < 4.78 is 4.63. The summed E-state index contributed by atoms with van der Waals surface area (Å²) in [4.78, 5) is 11.0. The lowest BCUT2D eigenvalue weighted by Gasteiger charge is -2.15. The lowest BCUT2D eigenvalue weighted by Crippen LogP contribution is -2.33. The van der Waals surface area contributed by atoms with Crippen LogP contribution < -0.4 is 5.32 Å². The summed E-state index contributed by atoms with van der Waals surface area (Å²) in [5, 5.41) is 3.30. The molecular formula is C13H25NO2. The summed E-state index contributed by atoms with van der Waals surface area (Å²) in [5.74, 6) is 0.754. The topological polar surface area (TPSA) is 38.3 Å². The van der Waals surface area contributed by atoms with E-state index in [0.29, 0.717) is 12.6 Å². The van der Waals surface area contributed by atoms with E-state index in [2.05, 4.69) is 17.0 Å². The summed E-state index contributed by atoms with van der Waals surface area (Å²) in [7, 11) is 1.44. The third-order valence-corrected chi connectivity index (χ3v) is 3.55. The van der Waals surface area contributed by atoms with Crippen molar-refractivity contribution in [1.82, 2.24) is 5.32 Å². The molecule has 0 amide bonds. The van der Waals surface area contributed by atoms with Gasteiger partial charge >= 0.3 is 5.97 Å². The van der Waals surface area contributed by atoms with Crippen LogP contribution >= 0.6 is 0 Å². The number of rotatable bonds is 5. The van der Waals surface area contributed by atoms with Gasteiger partial charge in [0.05, 0.1) is 13.7 Å². The highest BCUT2D eigenvalue weighted by Crippen LogP contribution is 2.26. The van der Waals surface area contributed by atoms with Gasteiger partial charge in [-0.1, -0.05) is 32.6 Å². The molecule has 1 rings (SSSR count). The summed E-state index contributed by atoms with van der Waals surface area (Å²) in [5.41, 5.74) is 0. The molecule has 0 aliphatic heterocycles. The zero-order valence-electron chi connectivity index (χ0n) is 10.6. The van der Waals surface area contributed by atoms with Gasteiger partial charge in [0.15, 0.2) is 0 Å². The molecule has 1 aliphatic carbocycles. The number of nitrogens with one attached hydrogen (secondary N) is 1. The number of carbonyl (C=O) groups excluding carboxylic acids is 1. The predicted octanol–water partition coefficient (Wildman–Crippen LogP) is 2.50. The smallest absolute Gasteiger partial charge is 0.319 e. The molecule has 1 aliphatic rings. The van der Waals surface area contributed by atoms with Crippen LogP contribution in [0.25, 0.3) is 0 Å². The summed E-state index contributed by atoms with van der Waals surface area (Å²) in [6.45, 7) is 2.62. The SMILES string of the molecule is CCCC1CCCC(NCC(=O)OC)CC1. The van der Waals surface area contributed by atoms with Crippen LogP contribution in [0, 0.1) is 5.92 Å². The van der Waals surface area contributed by atoms with Crippen LogP contribution in [-0.4, -0.2) is 25.7 Å². The highest BCUT2D eigenvalue weighted by molar-refractivity contribution is 5.71. The fraction of sp³-hybridized carbons (Fsp3) is 0.923. The number of carbonyl (C=O) groups is 1. The van der Waals surface area contributed by atoms with Crippen LogP contribution in [0.1, 0.15) is 51.9 Å². The average Bonchev–Trinajstić information content (AvgIpc) is 2.52. The molecule has 0 aromatic rings. The number of esters is 1. The maximum Gasteiger partial charge on any atom is 0.319 e. The first-order chi connectivity index (χ1) is 7.76. The van der Waals surface area contributed by atoms with Crippen molar-refractivity contribution in [2.24, 2.45) is 5.92 Å². The molecule has 94 valence electrons. The molecule has 0 saturated heterocycles. The zero-order chi connectivity index (χ0) is 11.8. The van der Waals surface area contributed by atoms with Gasteiger partial charge in [-0.25, -0.2) is 0 Å². The Morgan fingerprint density at radius 3 is 2.81 bits per heavy atom. The van der Waals surface area contributed by atoms with E-state index in [1.54, 1.807) is 0 Å². The molecule has 0 aromatic carbocycles. The standard InChI is InChI=1S/C13H25NO2/c1-3-5-11-6-4-7-12(9-8-11)14-10-13(15)16-2/h11-12,14H,3-10H2,1-2H3. The Morgan fingerprint density at radius 1 is 1.31 bits per heavy atom. The van der Waals surface area contributed by atoms with Gasteiger partial charge in [0.1, 0.15) is 0 Å². The molecule has 3 heteroatoms. The minimum Gasteiger partial charge on any atom is -0.468 e. The van der Waals surface area contributed by atoms with E-state index >= 15 is 0 Å². The van der Waals surface area contributed by atoms with Gasteiger partial charge in [-0.05, 0) is 25.2 Å². The second-order valence-electron chi connectivity index (χ2n) is 4.82. The largest absolute Gasteiger partial charge is 0.468 e. The number of ether oxygens (including phenoxy) is 1. The van der Waals surface area contributed by atoms with Crippen LogP contribution in [0.2, 0.25) is 0 Å². The van der Waals surface area contributed by atoms with Crippen molar-refractivity contribution in [2.75, 3.05) is 13.7 Å². The molecular weight excluding hydrogens is 202 g/mol. The first-order valence-electron chi connectivity index (χ1n) is 6.56. The Balaban J connectivity index is 2.22. The molecule has 3 nitrogen and oxygen atoms in total. The first-order valence-corrected chi connectivity index (χ1v) is 6.56. The zero-order valence-corrected chi connectivity index (χ0v) is 10.6.